The van der Waals surface area contributed by atoms with Crippen LogP contribution in [0, 0.1) is 6.92 Å². The highest BCUT2D eigenvalue weighted by Crippen LogP contribution is 2.28. The van der Waals surface area contributed by atoms with E-state index in [0.717, 1.165) is 17.4 Å². The van der Waals surface area contributed by atoms with Crippen LogP contribution in [-0.2, 0) is 16.6 Å². The predicted molar refractivity (Wildman–Crippen MR) is 128 cm³/mol. The van der Waals surface area contributed by atoms with Gasteiger partial charge in [-0.15, -0.1) is 0 Å². The molecular weight excluding hydrogens is 442 g/mol. The topological polar surface area (TPSA) is 108 Å². The first-order chi connectivity index (χ1) is 15.7. The normalized spacial score (nSPS) is 11.4. The molecule has 2 N–H and O–H groups in total. The zero-order valence-corrected chi connectivity index (χ0v) is 19.3. The number of amides is 1. The Bertz CT molecular complexity index is 1270. The SMILES string of the molecule is COc1cccc(/C=N\NC(=O)c2ccc(N(Cc3ccccc3C)S(C)(=O)=O)cc2)c1O. The van der Waals surface area contributed by atoms with Crippen molar-refractivity contribution in [1.82, 2.24) is 5.43 Å². The molecule has 3 rings (SSSR count). The highest BCUT2D eigenvalue weighted by atomic mass is 32.2. The van der Waals surface area contributed by atoms with E-state index in [-0.39, 0.29) is 12.3 Å². The van der Waals surface area contributed by atoms with Crippen LogP contribution in [0.25, 0.3) is 0 Å². The number of nitrogens with one attached hydrogen (secondary N) is 1. The number of methoxy groups -OCH3 is 1. The molecule has 172 valence electrons. The number of phenols is 1. The van der Waals surface area contributed by atoms with Gasteiger partial charge in [0.1, 0.15) is 0 Å². The molecule has 0 spiro atoms. The summed E-state index contributed by atoms with van der Waals surface area (Å²) in [4.78, 5) is 12.4. The second-order valence-electron chi connectivity index (χ2n) is 7.34. The van der Waals surface area contributed by atoms with Gasteiger partial charge in [0, 0.05) is 11.1 Å². The Balaban J connectivity index is 1.74. The zero-order chi connectivity index (χ0) is 24.0. The molecule has 0 saturated carbocycles. The molecule has 0 aliphatic carbocycles. The molecule has 0 saturated heterocycles. The smallest absolute Gasteiger partial charge is 0.271 e. The van der Waals surface area contributed by atoms with Crippen molar-refractivity contribution in [1.29, 1.82) is 0 Å². The Labute approximate surface area is 193 Å². The average Bonchev–Trinajstić information content (AvgIpc) is 2.79. The molecule has 0 aliphatic heterocycles. The fourth-order valence-corrected chi connectivity index (χ4v) is 4.03. The average molecular weight is 468 g/mol. The predicted octanol–water partition coefficient (Wildman–Crippen LogP) is 3.44. The van der Waals surface area contributed by atoms with Gasteiger partial charge in [-0.2, -0.15) is 5.10 Å². The Morgan fingerprint density at radius 1 is 1.09 bits per heavy atom. The molecule has 0 fully saturated rings. The van der Waals surface area contributed by atoms with Gasteiger partial charge in [-0.05, 0) is 54.4 Å². The van der Waals surface area contributed by atoms with Crippen molar-refractivity contribution in [2.24, 2.45) is 5.10 Å². The van der Waals surface area contributed by atoms with Crippen LogP contribution < -0.4 is 14.5 Å². The molecule has 0 aromatic heterocycles. The number of nitrogens with zero attached hydrogens (tertiary/aromatic N) is 2. The van der Waals surface area contributed by atoms with Crippen molar-refractivity contribution in [3.8, 4) is 11.5 Å². The van der Waals surface area contributed by atoms with E-state index in [4.69, 9.17) is 4.74 Å². The molecule has 0 heterocycles. The number of aryl methyl sites for hydroxylation is 1. The number of carbonyl (C=O) groups excluding carboxylic acids is 1. The molecule has 9 heteroatoms. The summed E-state index contributed by atoms with van der Waals surface area (Å²) in [5, 5.41) is 13.9. The fourth-order valence-electron chi connectivity index (χ4n) is 3.15. The quantitative estimate of drug-likeness (QED) is 0.390. The van der Waals surface area contributed by atoms with Gasteiger partial charge < -0.3 is 9.84 Å². The minimum Gasteiger partial charge on any atom is -0.504 e. The minimum absolute atomic E-state index is 0.0862. The first-order valence-electron chi connectivity index (χ1n) is 10.0. The number of benzene rings is 3. The largest absolute Gasteiger partial charge is 0.504 e. The lowest BCUT2D eigenvalue weighted by Gasteiger charge is -2.23. The van der Waals surface area contributed by atoms with Crippen LogP contribution in [0.2, 0.25) is 0 Å². The maximum atomic E-state index is 12.4. The Hall–Kier alpha value is -3.85. The van der Waals surface area contributed by atoms with Crippen molar-refractivity contribution in [3.63, 3.8) is 0 Å². The fraction of sp³-hybridized carbons (Fsp3) is 0.167. The number of carbonyl (C=O) groups is 1. The Kier molecular flexibility index (Phi) is 7.34. The molecule has 1 amide bonds. The maximum absolute atomic E-state index is 12.4. The standard InChI is InChI=1S/C24H25N3O5S/c1-17-7-4-5-8-20(17)16-27(33(3,30)31)21-13-11-18(12-14-21)24(29)26-25-15-19-9-6-10-22(32-2)23(19)28/h4-15,28H,16H2,1-3H3,(H,26,29)/b25-15-. The van der Waals surface area contributed by atoms with E-state index < -0.39 is 15.9 Å². The first-order valence-corrected chi connectivity index (χ1v) is 11.9. The summed E-state index contributed by atoms with van der Waals surface area (Å²) in [5.41, 5.74) is 5.39. The molecule has 0 radical (unpaired) electrons. The van der Waals surface area contributed by atoms with Gasteiger partial charge in [0.05, 0.1) is 31.8 Å². The van der Waals surface area contributed by atoms with E-state index in [1.165, 1.54) is 29.8 Å². The Morgan fingerprint density at radius 2 is 1.79 bits per heavy atom. The first kappa shape index (κ1) is 23.8. The van der Waals surface area contributed by atoms with Gasteiger partial charge >= 0.3 is 0 Å². The highest BCUT2D eigenvalue weighted by Gasteiger charge is 2.19. The monoisotopic (exact) mass is 467 g/mol. The van der Waals surface area contributed by atoms with Crippen molar-refractivity contribution in [2.45, 2.75) is 13.5 Å². The highest BCUT2D eigenvalue weighted by molar-refractivity contribution is 7.92. The van der Waals surface area contributed by atoms with E-state index in [1.54, 1.807) is 30.3 Å². The maximum Gasteiger partial charge on any atom is 0.271 e. The number of rotatable bonds is 8. The number of hydrogen-bond acceptors (Lipinski definition) is 6. The van der Waals surface area contributed by atoms with Crippen molar-refractivity contribution in [3.05, 3.63) is 89.0 Å². The van der Waals surface area contributed by atoms with Crippen LogP contribution in [0.15, 0.2) is 71.8 Å². The van der Waals surface area contributed by atoms with Crippen LogP contribution in [0.3, 0.4) is 0 Å². The summed E-state index contributed by atoms with van der Waals surface area (Å²) >= 11 is 0. The lowest BCUT2D eigenvalue weighted by atomic mass is 10.1. The van der Waals surface area contributed by atoms with Gasteiger partial charge in [-0.25, -0.2) is 13.8 Å². The second kappa shape index (κ2) is 10.2. The van der Waals surface area contributed by atoms with Crippen LogP contribution in [0.5, 0.6) is 11.5 Å². The molecule has 0 unspecified atom stereocenters. The number of hydrogen-bond donors (Lipinski definition) is 2. The lowest BCUT2D eigenvalue weighted by Crippen LogP contribution is -2.29. The number of ether oxygens (including phenoxy) is 1. The summed E-state index contributed by atoms with van der Waals surface area (Å²) < 4.78 is 31.2. The van der Waals surface area contributed by atoms with Crippen LogP contribution in [0.4, 0.5) is 5.69 Å². The third-order valence-corrected chi connectivity index (χ3v) is 6.15. The molecule has 0 aliphatic rings. The zero-order valence-electron chi connectivity index (χ0n) is 18.5. The third-order valence-electron chi connectivity index (χ3n) is 5.01. The third kappa shape index (κ3) is 5.89. The van der Waals surface area contributed by atoms with E-state index in [1.807, 2.05) is 31.2 Å². The lowest BCUT2D eigenvalue weighted by molar-refractivity contribution is 0.0955. The molecule has 3 aromatic rings. The summed E-state index contributed by atoms with van der Waals surface area (Å²) in [7, 11) is -2.11. The number of phenolic OH excluding ortho intramolecular Hbond substituents is 1. The summed E-state index contributed by atoms with van der Waals surface area (Å²) in [6, 6.07) is 18.7. The van der Waals surface area contributed by atoms with Crippen LogP contribution >= 0.6 is 0 Å². The molecule has 0 atom stereocenters. The molecule has 8 nitrogen and oxygen atoms in total. The summed E-state index contributed by atoms with van der Waals surface area (Å²) in [6.45, 7) is 2.11. The number of hydrazone groups is 1. The van der Waals surface area contributed by atoms with E-state index in [9.17, 15) is 18.3 Å². The van der Waals surface area contributed by atoms with Crippen LogP contribution in [-0.4, -0.2) is 39.0 Å². The molecular formula is C24H25N3O5S. The number of aromatic hydroxyl groups is 1. The van der Waals surface area contributed by atoms with Gasteiger partial charge in [-0.3, -0.25) is 9.10 Å². The Morgan fingerprint density at radius 3 is 2.42 bits per heavy atom. The van der Waals surface area contributed by atoms with E-state index >= 15 is 0 Å². The van der Waals surface area contributed by atoms with Crippen molar-refractivity contribution >= 4 is 27.8 Å². The number of para-hydroxylation sites is 1. The van der Waals surface area contributed by atoms with E-state index in [2.05, 4.69) is 10.5 Å². The second-order valence-corrected chi connectivity index (χ2v) is 9.25. The summed E-state index contributed by atoms with van der Waals surface area (Å²) in [5.74, 6) is -0.274. The molecule has 0 bridgehead atoms. The van der Waals surface area contributed by atoms with Crippen molar-refractivity contribution in [2.75, 3.05) is 17.7 Å². The molecule has 33 heavy (non-hydrogen) atoms. The number of sulfonamides is 1. The van der Waals surface area contributed by atoms with Crippen molar-refractivity contribution < 1.29 is 23.1 Å². The molecule has 3 aromatic carbocycles. The minimum atomic E-state index is -3.55. The van der Waals surface area contributed by atoms with Crippen LogP contribution in [0.1, 0.15) is 27.0 Å². The van der Waals surface area contributed by atoms with Gasteiger partial charge in [0.15, 0.2) is 11.5 Å². The number of anilines is 1. The van der Waals surface area contributed by atoms with Gasteiger partial charge in [0.2, 0.25) is 10.0 Å². The van der Waals surface area contributed by atoms with E-state index in [0.29, 0.717) is 22.6 Å². The van der Waals surface area contributed by atoms with Gasteiger partial charge in [-0.1, -0.05) is 30.3 Å². The summed E-state index contributed by atoms with van der Waals surface area (Å²) in [6.07, 6.45) is 2.45. The van der Waals surface area contributed by atoms with Gasteiger partial charge in [0.25, 0.3) is 5.91 Å².